The second-order valence-corrected chi connectivity index (χ2v) is 5.06. The molecule has 98 valence electrons. The number of anilines is 1. The van der Waals surface area contributed by atoms with Crippen molar-refractivity contribution in [2.45, 2.75) is 12.8 Å². The van der Waals surface area contributed by atoms with Crippen LogP contribution in [-0.2, 0) is 22.4 Å². The number of amides is 1. The first-order valence-corrected chi connectivity index (χ1v) is 6.65. The molecule has 1 aromatic heterocycles. The zero-order chi connectivity index (χ0) is 13.7. The second-order valence-electron chi connectivity index (χ2n) is 4.03. The SMILES string of the molecule is O=C(O)Cc1ccccc1NC(=O)Cc1cccs1. The Hall–Kier alpha value is -2.14. The zero-order valence-electron chi connectivity index (χ0n) is 10.1. The van der Waals surface area contributed by atoms with Crippen LogP contribution in [0, 0.1) is 0 Å². The Bertz CT molecular complexity index is 578. The van der Waals surface area contributed by atoms with Crippen molar-refractivity contribution in [3.05, 3.63) is 52.2 Å². The lowest BCUT2D eigenvalue weighted by atomic mass is 10.1. The van der Waals surface area contributed by atoms with Gasteiger partial charge in [-0.2, -0.15) is 0 Å². The summed E-state index contributed by atoms with van der Waals surface area (Å²) in [4.78, 5) is 23.6. The highest BCUT2D eigenvalue weighted by atomic mass is 32.1. The molecule has 0 aliphatic carbocycles. The van der Waals surface area contributed by atoms with Gasteiger partial charge < -0.3 is 10.4 Å². The number of aliphatic carboxylic acids is 1. The summed E-state index contributed by atoms with van der Waals surface area (Å²) < 4.78 is 0. The number of hydrogen-bond donors (Lipinski definition) is 2. The van der Waals surface area contributed by atoms with Gasteiger partial charge in [-0.05, 0) is 23.1 Å². The maximum Gasteiger partial charge on any atom is 0.307 e. The van der Waals surface area contributed by atoms with Crippen LogP contribution in [0.3, 0.4) is 0 Å². The molecule has 2 N–H and O–H groups in total. The Labute approximate surface area is 114 Å². The third-order valence-corrected chi connectivity index (χ3v) is 3.42. The highest BCUT2D eigenvalue weighted by Gasteiger charge is 2.10. The first kappa shape index (κ1) is 13.3. The molecule has 0 fully saturated rings. The topological polar surface area (TPSA) is 66.4 Å². The Kier molecular flexibility index (Phi) is 4.30. The van der Waals surface area contributed by atoms with E-state index < -0.39 is 5.97 Å². The molecule has 19 heavy (non-hydrogen) atoms. The van der Waals surface area contributed by atoms with Crippen LogP contribution in [0.15, 0.2) is 41.8 Å². The van der Waals surface area contributed by atoms with Gasteiger partial charge in [0.2, 0.25) is 5.91 Å². The molecule has 4 nitrogen and oxygen atoms in total. The predicted octanol–water partition coefficient (Wildman–Crippen LogP) is 2.56. The summed E-state index contributed by atoms with van der Waals surface area (Å²) in [6.07, 6.45) is 0.203. The summed E-state index contributed by atoms with van der Waals surface area (Å²) in [5.41, 5.74) is 1.17. The van der Waals surface area contributed by atoms with Gasteiger partial charge in [0.1, 0.15) is 0 Å². The van der Waals surface area contributed by atoms with E-state index in [4.69, 9.17) is 5.11 Å². The van der Waals surface area contributed by atoms with Crippen molar-refractivity contribution in [2.75, 3.05) is 5.32 Å². The van der Waals surface area contributed by atoms with Gasteiger partial charge in [0.15, 0.2) is 0 Å². The van der Waals surface area contributed by atoms with Gasteiger partial charge in [0.05, 0.1) is 12.8 Å². The molecule has 0 unspecified atom stereocenters. The van der Waals surface area contributed by atoms with E-state index in [1.165, 1.54) is 11.3 Å². The minimum absolute atomic E-state index is 0.102. The van der Waals surface area contributed by atoms with Crippen molar-refractivity contribution in [3.63, 3.8) is 0 Å². The molecule has 0 spiro atoms. The molecule has 1 amide bonds. The van der Waals surface area contributed by atoms with E-state index in [-0.39, 0.29) is 12.3 Å². The Morgan fingerprint density at radius 1 is 1.11 bits per heavy atom. The van der Waals surface area contributed by atoms with Gasteiger partial charge in [-0.1, -0.05) is 24.3 Å². The summed E-state index contributed by atoms with van der Waals surface area (Å²) in [5, 5.41) is 13.5. The van der Waals surface area contributed by atoms with E-state index in [0.717, 1.165) is 4.88 Å². The lowest BCUT2D eigenvalue weighted by Gasteiger charge is -2.09. The van der Waals surface area contributed by atoms with E-state index in [1.54, 1.807) is 24.3 Å². The maximum absolute atomic E-state index is 11.9. The van der Waals surface area contributed by atoms with Gasteiger partial charge in [0.25, 0.3) is 0 Å². The van der Waals surface area contributed by atoms with Crippen LogP contribution in [0.4, 0.5) is 5.69 Å². The molecule has 0 bridgehead atoms. The summed E-state index contributed by atoms with van der Waals surface area (Å²) in [6, 6.07) is 10.7. The minimum atomic E-state index is -0.917. The van der Waals surface area contributed by atoms with Crippen LogP contribution in [0.2, 0.25) is 0 Å². The van der Waals surface area contributed by atoms with Gasteiger partial charge in [-0.15, -0.1) is 11.3 Å². The standard InChI is InChI=1S/C14H13NO3S/c16-13(9-11-5-3-7-19-11)15-12-6-2-1-4-10(12)8-14(17)18/h1-7H,8-9H2,(H,15,16)(H,17,18). The molecule has 0 aliphatic rings. The smallest absolute Gasteiger partial charge is 0.307 e. The van der Waals surface area contributed by atoms with Crippen LogP contribution in [0.5, 0.6) is 0 Å². The van der Waals surface area contributed by atoms with E-state index in [0.29, 0.717) is 17.7 Å². The molecular formula is C14H13NO3S. The lowest BCUT2D eigenvalue weighted by Crippen LogP contribution is -2.15. The summed E-state index contributed by atoms with van der Waals surface area (Å²) >= 11 is 1.52. The average Bonchev–Trinajstić information content (AvgIpc) is 2.83. The van der Waals surface area contributed by atoms with E-state index in [9.17, 15) is 9.59 Å². The number of carbonyl (C=O) groups excluding carboxylic acids is 1. The number of carbonyl (C=O) groups is 2. The Balaban J connectivity index is 2.06. The van der Waals surface area contributed by atoms with Crippen LogP contribution < -0.4 is 5.32 Å². The van der Waals surface area contributed by atoms with E-state index in [1.807, 2.05) is 17.5 Å². The van der Waals surface area contributed by atoms with E-state index in [2.05, 4.69) is 5.32 Å². The largest absolute Gasteiger partial charge is 0.481 e. The molecule has 1 aromatic carbocycles. The zero-order valence-corrected chi connectivity index (χ0v) is 10.9. The first-order valence-electron chi connectivity index (χ1n) is 5.77. The highest BCUT2D eigenvalue weighted by molar-refractivity contribution is 7.10. The number of carboxylic acid groups (broad SMARTS) is 1. The van der Waals surface area contributed by atoms with Crippen molar-refractivity contribution in [1.82, 2.24) is 0 Å². The van der Waals surface area contributed by atoms with Crippen LogP contribution in [0.25, 0.3) is 0 Å². The number of thiophene rings is 1. The molecule has 0 radical (unpaired) electrons. The molecular weight excluding hydrogens is 262 g/mol. The van der Waals surface area contributed by atoms with Crippen molar-refractivity contribution < 1.29 is 14.7 Å². The monoisotopic (exact) mass is 275 g/mol. The molecule has 2 rings (SSSR count). The fourth-order valence-electron chi connectivity index (χ4n) is 1.73. The van der Waals surface area contributed by atoms with Gasteiger partial charge >= 0.3 is 5.97 Å². The normalized spacial score (nSPS) is 10.1. The third-order valence-electron chi connectivity index (χ3n) is 2.55. The lowest BCUT2D eigenvalue weighted by molar-refractivity contribution is -0.136. The van der Waals surface area contributed by atoms with Crippen LogP contribution in [0.1, 0.15) is 10.4 Å². The quantitative estimate of drug-likeness (QED) is 0.881. The molecule has 0 saturated heterocycles. The van der Waals surface area contributed by atoms with Crippen LogP contribution >= 0.6 is 11.3 Å². The van der Waals surface area contributed by atoms with Crippen molar-refractivity contribution in [2.24, 2.45) is 0 Å². The molecule has 0 aliphatic heterocycles. The number of hydrogen-bond acceptors (Lipinski definition) is 3. The highest BCUT2D eigenvalue weighted by Crippen LogP contribution is 2.17. The number of para-hydroxylation sites is 1. The molecule has 0 saturated carbocycles. The fourth-order valence-corrected chi connectivity index (χ4v) is 2.43. The molecule has 1 heterocycles. The number of benzene rings is 1. The molecule has 5 heteroatoms. The van der Waals surface area contributed by atoms with Gasteiger partial charge in [0, 0.05) is 10.6 Å². The first-order chi connectivity index (χ1) is 9.15. The maximum atomic E-state index is 11.9. The summed E-state index contributed by atoms with van der Waals surface area (Å²) in [5.74, 6) is -1.06. The predicted molar refractivity (Wildman–Crippen MR) is 74.4 cm³/mol. The van der Waals surface area contributed by atoms with Gasteiger partial charge in [-0.25, -0.2) is 0 Å². The second kappa shape index (κ2) is 6.15. The van der Waals surface area contributed by atoms with Crippen molar-refractivity contribution in [1.29, 1.82) is 0 Å². The van der Waals surface area contributed by atoms with E-state index >= 15 is 0 Å². The summed E-state index contributed by atoms with van der Waals surface area (Å²) in [7, 11) is 0. The Morgan fingerprint density at radius 2 is 1.89 bits per heavy atom. The van der Waals surface area contributed by atoms with Gasteiger partial charge in [-0.3, -0.25) is 9.59 Å². The van der Waals surface area contributed by atoms with Crippen LogP contribution in [-0.4, -0.2) is 17.0 Å². The number of carboxylic acids is 1. The van der Waals surface area contributed by atoms with Crippen molar-refractivity contribution >= 4 is 28.9 Å². The molecule has 0 atom stereocenters. The fraction of sp³-hybridized carbons (Fsp3) is 0.143. The minimum Gasteiger partial charge on any atom is -0.481 e. The summed E-state index contributed by atoms with van der Waals surface area (Å²) in [6.45, 7) is 0. The molecule has 2 aromatic rings. The van der Waals surface area contributed by atoms with Crippen molar-refractivity contribution in [3.8, 4) is 0 Å². The number of nitrogens with one attached hydrogen (secondary N) is 1. The Morgan fingerprint density at radius 3 is 2.58 bits per heavy atom. The number of rotatable bonds is 5. The average molecular weight is 275 g/mol. The third kappa shape index (κ3) is 3.93.